The number of thioether (sulfide) groups is 1. The van der Waals surface area contributed by atoms with Crippen molar-refractivity contribution in [2.24, 2.45) is 5.92 Å². The summed E-state index contributed by atoms with van der Waals surface area (Å²) in [5.74, 6) is 0.978. The fourth-order valence-electron chi connectivity index (χ4n) is 2.25. The molecule has 4 nitrogen and oxygen atoms in total. The molecule has 1 aromatic carbocycles. The van der Waals surface area contributed by atoms with Crippen molar-refractivity contribution in [2.45, 2.75) is 37.7 Å². The van der Waals surface area contributed by atoms with E-state index in [0.29, 0.717) is 18.0 Å². The van der Waals surface area contributed by atoms with Crippen LogP contribution in [0.5, 0.6) is 0 Å². The second-order valence-corrected chi connectivity index (χ2v) is 6.23. The third kappa shape index (κ3) is 3.67. The molecular weight excluding hydrogens is 272 g/mol. The zero-order chi connectivity index (χ0) is 14.5. The van der Waals surface area contributed by atoms with Crippen LogP contribution in [0.3, 0.4) is 0 Å². The van der Waals surface area contributed by atoms with Gasteiger partial charge in [0.15, 0.2) is 0 Å². The second kappa shape index (κ2) is 6.99. The summed E-state index contributed by atoms with van der Waals surface area (Å²) in [6, 6.07) is 5.79. The van der Waals surface area contributed by atoms with Crippen LogP contribution in [-0.4, -0.2) is 24.4 Å². The van der Waals surface area contributed by atoms with Crippen LogP contribution < -0.4 is 11.1 Å². The molecule has 0 aliphatic carbocycles. The first-order valence-electron chi connectivity index (χ1n) is 7.06. The summed E-state index contributed by atoms with van der Waals surface area (Å²) < 4.78 is 5.44. The third-order valence-electron chi connectivity index (χ3n) is 3.47. The van der Waals surface area contributed by atoms with Gasteiger partial charge in [-0.15, -0.1) is 11.8 Å². The van der Waals surface area contributed by atoms with Crippen molar-refractivity contribution in [3.8, 4) is 0 Å². The van der Waals surface area contributed by atoms with Crippen molar-refractivity contribution in [1.82, 2.24) is 0 Å². The van der Waals surface area contributed by atoms with Gasteiger partial charge in [-0.25, -0.2) is 0 Å². The van der Waals surface area contributed by atoms with Gasteiger partial charge in [-0.05, 0) is 43.7 Å². The standard InChI is InChI=1S/C15H22N2O2S/c1-3-8-20-11-4-5-13(16)14(9-11)17-15(18)12-6-7-19-10(12)2/h4-5,9-10,12H,3,6-8,16H2,1-2H3,(H,17,18). The lowest BCUT2D eigenvalue weighted by atomic mass is 10.0. The molecule has 1 amide bonds. The molecule has 20 heavy (non-hydrogen) atoms. The Kier molecular flexibility index (Phi) is 5.31. The maximum atomic E-state index is 12.2. The maximum absolute atomic E-state index is 12.2. The number of nitrogens with one attached hydrogen (secondary N) is 1. The number of nitrogens with two attached hydrogens (primary N) is 1. The normalized spacial score (nSPS) is 21.9. The largest absolute Gasteiger partial charge is 0.397 e. The molecule has 0 saturated carbocycles. The molecule has 1 aliphatic rings. The van der Waals surface area contributed by atoms with Crippen LogP contribution in [0.2, 0.25) is 0 Å². The SMILES string of the molecule is CCCSc1ccc(N)c(NC(=O)C2CCOC2C)c1. The van der Waals surface area contributed by atoms with E-state index in [4.69, 9.17) is 10.5 Å². The summed E-state index contributed by atoms with van der Waals surface area (Å²) in [6.07, 6.45) is 1.87. The first-order valence-corrected chi connectivity index (χ1v) is 8.05. The third-order valence-corrected chi connectivity index (χ3v) is 4.67. The predicted molar refractivity (Wildman–Crippen MR) is 84.0 cm³/mol. The van der Waals surface area contributed by atoms with E-state index in [9.17, 15) is 4.79 Å². The molecule has 1 heterocycles. The van der Waals surface area contributed by atoms with Gasteiger partial charge < -0.3 is 15.8 Å². The summed E-state index contributed by atoms with van der Waals surface area (Å²) in [5.41, 5.74) is 7.25. The first kappa shape index (κ1) is 15.2. The molecule has 0 radical (unpaired) electrons. The van der Waals surface area contributed by atoms with Crippen LogP contribution in [0.4, 0.5) is 11.4 Å². The molecule has 1 aliphatic heterocycles. The lowest BCUT2D eigenvalue weighted by molar-refractivity contribution is -0.121. The minimum atomic E-state index is -0.0821. The van der Waals surface area contributed by atoms with E-state index in [1.807, 2.05) is 25.1 Å². The number of carbonyl (C=O) groups is 1. The van der Waals surface area contributed by atoms with Crippen molar-refractivity contribution in [1.29, 1.82) is 0 Å². The topological polar surface area (TPSA) is 64.3 Å². The Labute approximate surface area is 124 Å². The van der Waals surface area contributed by atoms with E-state index in [1.54, 1.807) is 11.8 Å². The van der Waals surface area contributed by atoms with Gasteiger partial charge in [0.25, 0.3) is 0 Å². The number of nitrogen functional groups attached to an aromatic ring is 1. The molecule has 1 aromatic rings. The number of ether oxygens (including phenoxy) is 1. The molecule has 1 saturated heterocycles. The smallest absolute Gasteiger partial charge is 0.230 e. The monoisotopic (exact) mass is 294 g/mol. The van der Waals surface area contributed by atoms with Gasteiger partial charge in [-0.2, -0.15) is 0 Å². The number of rotatable bonds is 5. The molecule has 2 rings (SSSR count). The summed E-state index contributed by atoms with van der Waals surface area (Å²) in [7, 11) is 0. The average molecular weight is 294 g/mol. The van der Waals surface area contributed by atoms with Gasteiger partial charge in [0.2, 0.25) is 5.91 Å². The van der Waals surface area contributed by atoms with Gasteiger partial charge in [-0.1, -0.05) is 6.92 Å². The quantitative estimate of drug-likeness (QED) is 0.647. The predicted octanol–water partition coefficient (Wildman–Crippen LogP) is 3.13. The minimum Gasteiger partial charge on any atom is -0.397 e. The van der Waals surface area contributed by atoms with Crippen LogP contribution in [0.25, 0.3) is 0 Å². The van der Waals surface area contributed by atoms with Crippen molar-refractivity contribution < 1.29 is 9.53 Å². The van der Waals surface area contributed by atoms with Crippen LogP contribution in [0.15, 0.2) is 23.1 Å². The Morgan fingerprint density at radius 1 is 1.55 bits per heavy atom. The van der Waals surface area contributed by atoms with Gasteiger partial charge in [0.05, 0.1) is 23.4 Å². The summed E-state index contributed by atoms with van der Waals surface area (Å²) in [6.45, 7) is 4.74. The van der Waals surface area contributed by atoms with Crippen LogP contribution in [0, 0.1) is 5.92 Å². The van der Waals surface area contributed by atoms with Crippen LogP contribution in [-0.2, 0) is 9.53 Å². The van der Waals surface area contributed by atoms with E-state index >= 15 is 0 Å². The van der Waals surface area contributed by atoms with Gasteiger partial charge in [0, 0.05) is 11.5 Å². The Morgan fingerprint density at radius 2 is 2.35 bits per heavy atom. The number of benzene rings is 1. The highest BCUT2D eigenvalue weighted by Gasteiger charge is 2.30. The number of amides is 1. The molecule has 2 unspecified atom stereocenters. The van der Waals surface area contributed by atoms with Crippen molar-refractivity contribution in [3.05, 3.63) is 18.2 Å². The van der Waals surface area contributed by atoms with Crippen LogP contribution >= 0.6 is 11.8 Å². The maximum Gasteiger partial charge on any atom is 0.230 e. The van der Waals surface area contributed by atoms with E-state index in [1.165, 1.54) is 0 Å². The highest BCUT2D eigenvalue weighted by molar-refractivity contribution is 7.99. The first-order chi connectivity index (χ1) is 9.61. The average Bonchev–Trinajstić information content (AvgIpc) is 2.86. The molecule has 5 heteroatoms. The van der Waals surface area contributed by atoms with Gasteiger partial charge in [0.1, 0.15) is 0 Å². The summed E-state index contributed by atoms with van der Waals surface area (Å²) in [4.78, 5) is 13.4. The number of anilines is 2. The molecule has 0 bridgehead atoms. The fourth-order valence-corrected chi connectivity index (χ4v) is 3.06. The number of hydrogen-bond acceptors (Lipinski definition) is 4. The zero-order valence-electron chi connectivity index (χ0n) is 12.0. The molecule has 3 N–H and O–H groups in total. The molecule has 2 atom stereocenters. The van der Waals surface area contributed by atoms with Crippen molar-refractivity contribution >= 4 is 29.0 Å². The van der Waals surface area contributed by atoms with E-state index in [0.717, 1.165) is 23.5 Å². The summed E-state index contributed by atoms with van der Waals surface area (Å²) >= 11 is 1.77. The molecule has 0 aromatic heterocycles. The van der Waals surface area contributed by atoms with Crippen molar-refractivity contribution in [3.63, 3.8) is 0 Å². The molecular formula is C15H22N2O2S. The highest BCUT2D eigenvalue weighted by atomic mass is 32.2. The Morgan fingerprint density at radius 3 is 3.00 bits per heavy atom. The van der Waals surface area contributed by atoms with E-state index in [-0.39, 0.29) is 17.9 Å². The van der Waals surface area contributed by atoms with Crippen molar-refractivity contribution in [2.75, 3.05) is 23.4 Å². The van der Waals surface area contributed by atoms with Gasteiger partial charge >= 0.3 is 0 Å². The Balaban J connectivity index is 2.05. The van der Waals surface area contributed by atoms with Gasteiger partial charge in [-0.3, -0.25) is 4.79 Å². The van der Waals surface area contributed by atoms with E-state index in [2.05, 4.69) is 12.2 Å². The number of carbonyl (C=O) groups excluding carboxylic acids is 1. The van der Waals surface area contributed by atoms with Crippen LogP contribution in [0.1, 0.15) is 26.7 Å². The second-order valence-electron chi connectivity index (χ2n) is 5.06. The molecule has 1 fully saturated rings. The lowest BCUT2D eigenvalue weighted by Crippen LogP contribution is -2.28. The van der Waals surface area contributed by atoms with E-state index < -0.39 is 0 Å². The fraction of sp³-hybridized carbons (Fsp3) is 0.533. The minimum absolute atomic E-state index is 0.000610. The molecule has 110 valence electrons. The highest BCUT2D eigenvalue weighted by Crippen LogP contribution is 2.29. The lowest BCUT2D eigenvalue weighted by Gasteiger charge is -2.15. The molecule has 0 spiro atoms. The summed E-state index contributed by atoms with van der Waals surface area (Å²) in [5, 5.41) is 2.94. The number of hydrogen-bond donors (Lipinski definition) is 2. The Bertz CT molecular complexity index is 479. The zero-order valence-corrected chi connectivity index (χ0v) is 12.8. The Hall–Kier alpha value is -1.20.